The molecule has 9 rings (SSSR count). The second-order valence-electron chi connectivity index (χ2n) is 11.7. The van der Waals surface area contributed by atoms with Gasteiger partial charge in [0, 0.05) is 45.6 Å². The predicted molar refractivity (Wildman–Crippen MR) is 192 cm³/mol. The molecule has 0 aliphatic rings. The first-order valence-electron chi connectivity index (χ1n) is 15.5. The summed E-state index contributed by atoms with van der Waals surface area (Å²) in [6.45, 7) is 0. The number of pyridine rings is 1. The molecule has 0 aliphatic carbocycles. The maximum absolute atomic E-state index is 6.32. The zero-order valence-electron chi connectivity index (χ0n) is 25.0. The summed E-state index contributed by atoms with van der Waals surface area (Å²) in [5.74, 6) is 0. The van der Waals surface area contributed by atoms with Crippen LogP contribution in [0.25, 0.3) is 65.7 Å². The molecule has 0 radical (unpaired) electrons. The van der Waals surface area contributed by atoms with Gasteiger partial charge in [-0.3, -0.25) is 4.98 Å². The fraction of sp³-hybridized carbons (Fsp3) is 0. The van der Waals surface area contributed by atoms with Gasteiger partial charge < -0.3 is 9.32 Å². The largest absolute Gasteiger partial charge is 0.455 e. The smallest absolute Gasteiger partial charge is 0.143 e. The van der Waals surface area contributed by atoms with Crippen molar-refractivity contribution in [3.8, 4) is 22.3 Å². The van der Waals surface area contributed by atoms with Gasteiger partial charge in [-0.2, -0.15) is 0 Å². The molecule has 2 heterocycles. The van der Waals surface area contributed by atoms with Gasteiger partial charge in [-0.25, -0.2) is 0 Å². The quantitative estimate of drug-likeness (QED) is 0.200. The summed E-state index contributed by atoms with van der Waals surface area (Å²) in [5, 5.41) is 6.83. The molecule has 0 amide bonds. The molecule has 7 aromatic carbocycles. The first-order valence-corrected chi connectivity index (χ1v) is 15.5. The molecule has 0 saturated carbocycles. The summed E-state index contributed by atoms with van der Waals surface area (Å²) in [5.41, 5.74) is 9.80. The molecule has 3 heteroatoms. The SMILES string of the molecule is c1ccc(-c2ccc(N(c3ccc(-c4ccc5ccccc5c4)cc3)c3ccc4c(ccc5c6cnccc6oc45)c3)cc2)cc1. The van der Waals surface area contributed by atoms with Crippen molar-refractivity contribution in [2.24, 2.45) is 0 Å². The maximum Gasteiger partial charge on any atom is 0.143 e. The minimum absolute atomic E-state index is 0.855. The van der Waals surface area contributed by atoms with E-state index in [1.54, 1.807) is 6.20 Å². The fourth-order valence-electron chi connectivity index (χ4n) is 6.59. The second kappa shape index (κ2) is 10.8. The number of benzene rings is 7. The van der Waals surface area contributed by atoms with Crippen molar-refractivity contribution >= 4 is 60.5 Å². The first kappa shape index (κ1) is 26.2. The molecule has 0 fully saturated rings. The Kier molecular flexibility index (Phi) is 6.14. The minimum atomic E-state index is 0.855. The molecule has 0 spiro atoms. The molecule has 46 heavy (non-hydrogen) atoms. The summed E-state index contributed by atoms with van der Waals surface area (Å²) in [6.07, 6.45) is 3.65. The molecule has 0 unspecified atom stereocenters. The zero-order valence-corrected chi connectivity index (χ0v) is 25.0. The van der Waals surface area contributed by atoms with Gasteiger partial charge in [-0.15, -0.1) is 0 Å². The highest BCUT2D eigenvalue weighted by atomic mass is 16.3. The Labute approximate surface area is 266 Å². The number of hydrogen-bond donors (Lipinski definition) is 0. The Morgan fingerprint density at radius 3 is 1.80 bits per heavy atom. The average Bonchev–Trinajstić information content (AvgIpc) is 3.52. The van der Waals surface area contributed by atoms with E-state index in [4.69, 9.17) is 4.42 Å². The van der Waals surface area contributed by atoms with Crippen LogP contribution in [0.2, 0.25) is 0 Å². The normalized spacial score (nSPS) is 11.5. The number of rotatable bonds is 5. The van der Waals surface area contributed by atoms with Crippen molar-refractivity contribution in [3.63, 3.8) is 0 Å². The molecular weight excluding hydrogens is 560 g/mol. The highest BCUT2D eigenvalue weighted by molar-refractivity contribution is 6.15. The van der Waals surface area contributed by atoms with Gasteiger partial charge in [0.1, 0.15) is 11.2 Å². The lowest BCUT2D eigenvalue weighted by atomic mass is 10.0. The lowest BCUT2D eigenvalue weighted by Gasteiger charge is -2.26. The van der Waals surface area contributed by atoms with Gasteiger partial charge in [0.2, 0.25) is 0 Å². The monoisotopic (exact) mass is 588 g/mol. The van der Waals surface area contributed by atoms with Gasteiger partial charge >= 0.3 is 0 Å². The maximum atomic E-state index is 6.32. The molecule has 0 bridgehead atoms. The van der Waals surface area contributed by atoms with Crippen molar-refractivity contribution < 1.29 is 4.42 Å². The van der Waals surface area contributed by atoms with E-state index in [0.717, 1.165) is 49.8 Å². The standard InChI is InChI=1S/C43H28N2O/c1-2-6-29(7-3-1)31-12-17-36(18-13-31)45(37-19-14-32(15-20-37)34-11-10-30-8-4-5-9-33(30)26-34)38-21-23-39-35(27-38)16-22-40-41-28-44-25-24-42(41)46-43(39)40/h1-28H. The molecular formula is C43H28N2O. The Bertz CT molecular complexity index is 2510. The van der Waals surface area contributed by atoms with Gasteiger partial charge in [-0.05, 0) is 99.1 Å². The van der Waals surface area contributed by atoms with E-state index in [2.05, 4.69) is 162 Å². The van der Waals surface area contributed by atoms with Crippen LogP contribution >= 0.6 is 0 Å². The number of aromatic nitrogens is 1. The molecule has 9 aromatic rings. The molecule has 0 N–H and O–H groups in total. The van der Waals surface area contributed by atoms with E-state index in [-0.39, 0.29) is 0 Å². The van der Waals surface area contributed by atoms with Gasteiger partial charge in [0.05, 0.1) is 0 Å². The van der Waals surface area contributed by atoms with Crippen LogP contribution < -0.4 is 4.90 Å². The molecule has 216 valence electrons. The molecule has 0 atom stereocenters. The van der Waals surface area contributed by atoms with Gasteiger partial charge in [-0.1, -0.05) is 97.1 Å². The molecule has 0 saturated heterocycles. The first-order chi connectivity index (χ1) is 22.8. The lowest BCUT2D eigenvalue weighted by molar-refractivity contribution is 0.672. The van der Waals surface area contributed by atoms with E-state index in [1.165, 1.54) is 33.0 Å². The van der Waals surface area contributed by atoms with Crippen LogP contribution in [0.1, 0.15) is 0 Å². The van der Waals surface area contributed by atoms with Crippen molar-refractivity contribution in [2.75, 3.05) is 4.90 Å². The number of fused-ring (bicyclic) bond motifs is 6. The molecule has 0 aliphatic heterocycles. The van der Waals surface area contributed by atoms with E-state index in [0.29, 0.717) is 0 Å². The highest BCUT2D eigenvalue weighted by Crippen LogP contribution is 2.40. The van der Waals surface area contributed by atoms with Gasteiger partial charge in [0.25, 0.3) is 0 Å². The van der Waals surface area contributed by atoms with Crippen LogP contribution in [0.4, 0.5) is 17.1 Å². The number of nitrogens with zero attached hydrogens (tertiary/aromatic N) is 2. The second-order valence-corrected chi connectivity index (χ2v) is 11.7. The van der Waals surface area contributed by atoms with E-state index >= 15 is 0 Å². The third-order valence-electron chi connectivity index (χ3n) is 8.94. The summed E-state index contributed by atoms with van der Waals surface area (Å²) in [7, 11) is 0. The van der Waals surface area contributed by atoms with Crippen molar-refractivity contribution in [2.45, 2.75) is 0 Å². The number of furan rings is 1. The van der Waals surface area contributed by atoms with Crippen molar-refractivity contribution in [1.82, 2.24) is 4.98 Å². The highest BCUT2D eigenvalue weighted by Gasteiger charge is 2.16. The summed E-state index contributed by atoms with van der Waals surface area (Å²) >= 11 is 0. The van der Waals surface area contributed by atoms with Crippen LogP contribution in [-0.4, -0.2) is 4.98 Å². The summed E-state index contributed by atoms with van der Waals surface area (Å²) in [6, 6.07) is 56.3. The average molecular weight is 589 g/mol. The Morgan fingerprint density at radius 2 is 1.02 bits per heavy atom. The summed E-state index contributed by atoms with van der Waals surface area (Å²) in [4.78, 5) is 6.64. The Balaban J connectivity index is 1.15. The fourth-order valence-corrected chi connectivity index (χ4v) is 6.59. The minimum Gasteiger partial charge on any atom is -0.455 e. The zero-order chi connectivity index (χ0) is 30.5. The third-order valence-corrected chi connectivity index (χ3v) is 8.94. The number of anilines is 3. The lowest BCUT2D eigenvalue weighted by Crippen LogP contribution is -2.09. The van der Waals surface area contributed by atoms with Crippen LogP contribution in [0.15, 0.2) is 175 Å². The molecule has 2 aromatic heterocycles. The Hall–Kier alpha value is -6.19. The van der Waals surface area contributed by atoms with E-state index < -0.39 is 0 Å². The van der Waals surface area contributed by atoms with E-state index in [1.807, 2.05) is 12.3 Å². The van der Waals surface area contributed by atoms with Crippen LogP contribution in [0, 0.1) is 0 Å². The van der Waals surface area contributed by atoms with Crippen molar-refractivity contribution in [1.29, 1.82) is 0 Å². The van der Waals surface area contributed by atoms with Crippen LogP contribution in [-0.2, 0) is 0 Å². The molecule has 3 nitrogen and oxygen atoms in total. The Morgan fingerprint density at radius 1 is 0.413 bits per heavy atom. The predicted octanol–water partition coefficient (Wildman–Crippen LogP) is 12.1. The summed E-state index contributed by atoms with van der Waals surface area (Å²) < 4.78 is 6.32. The third kappa shape index (κ3) is 4.49. The van der Waals surface area contributed by atoms with E-state index in [9.17, 15) is 0 Å². The van der Waals surface area contributed by atoms with Crippen molar-refractivity contribution in [3.05, 3.63) is 170 Å². The van der Waals surface area contributed by atoms with Crippen LogP contribution in [0.5, 0.6) is 0 Å². The van der Waals surface area contributed by atoms with Crippen LogP contribution in [0.3, 0.4) is 0 Å². The number of hydrogen-bond acceptors (Lipinski definition) is 3. The van der Waals surface area contributed by atoms with Gasteiger partial charge in [0.15, 0.2) is 0 Å². The topological polar surface area (TPSA) is 29.3 Å².